The summed E-state index contributed by atoms with van der Waals surface area (Å²) in [5.74, 6) is -0.194. The molecule has 0 bridgehead atoms. The quantitative estimate of drug-likeness (QED) is 0.244. The van der Waals surface area contributed by atoms with Crippen molar-refractivity contribution in [1.82, 2.24) is 10.2 Å². The van der Waals surface area contributed by atoms with Gasteiger partial charge in [-0.15, -0.1) is 0 Å². The predicted molar refractivity (Wildman–Crippen MR) is 143 cm³/mol. The van der Waals surface area contributed by atoms with E-state index in [1.807, 2.05) is 20.8 Å². The van der Waals surface area contributed by atoms with E-state index in [0.717, 1.165) is 25.4 Å². The predicted octanol–water partition coefficient (Wildman–Crippen LogP) is 5.34. The number of benzene rings is 2. The summed E-state index contributed by atoms with van der Waals surface area (Å²) in [4.78, 5) is 14.3. The highest BCUT2D eigenvalue weighted by molar-refractivity contribution is 5.69. The number of aryl methyl sites for hydroxylation is 1. The van der Waals surface area contributed by atoms with Crippen LogP contribution in [0.3, 0.4) is 0 Å². The van der Waals surface area contributed by atoms with Gasteiger partial charge in [-0.3, -0.25) is 10.1 Å². The number of hydrogen-bond acceptors (Lipinski definition) is 5. The molecule has 5 heteroatoms. The fourth-order valence-corrected chi connectivity index (χ4v) is 4.62. The first kappa shape index (κ1) is 27.4. The lowest BCUT2D eigenvalue weighted by Gasteiger charge is -2.20. The van der Waals surface area contributed by atoms with E-state index >= 15 is 0 Å². The van der Waals surface area contributed by atoms with Crippen molar-refractivity contribution >= 4 is 5.97 Å². The van der Waals surface area contributed by atoms with Gasteiger partial charge in [-0.1, -0.05) is 48.5 Å². The van der Waals surface area contributed by atoms with Crippen molar-refractivity contribution in [2.24, 2.45) is 0 Å². The van der Waals surface area contributed by atoms with Crippen LogP contribution in [0.25, 0.3) is 11.1 Å². The number of carbonyl (C=O) groups is 1. The molecule has 2 aromatic carbocycles. The second-order valence-corrected chi connectivity index (χ2v) is 10.9. The number of aliphatic hydroxyl groups excluding tert-OH is 1. The maximum Gasteiger partial charge on any atom is 0.306 e. The number of rotatable bonds is 12. The topological polar surface area (TPSA) is 61.8 Å². The van der Waals surface area contributed by atoms with E-state index in [2.05, 4.69) is 65.7 Å². The average Bonchev–Trinajstić information content (AvgIpc) is 3.23. The molecule has 5 nitrogen and oxygen atoms in total. The van der Waals surface area contributed by atoms with Crippen LogP contribution in [0.4, 0.5) is 0 Å². The van der Waals surface area contributed by atoms with Crippen LogP contribution < -0.4 is 5.32 Å². The van der Waals surface area contributed by atoms with Crippen molar-refractivity contribution in [2.45, 2.75) is 90.5 Å². The van der Waals surface area contributed by atoms with Crippen LogP contribution >= 0.6 is 0 Å². The molecule has 1 saturated heterocycles. The maximum atomic E-state index is 11.7. The first-order chi connectivity index (χ1) is 16.7. The lowest BCUT2D eigenvalue weighted by Crippen LogP contribution is -2.31. The molecule has 0 saturated carbocycles. The molecule has 2 aromatic rings. The summed E-state index contributed by atoms with van der Waals surface area (Å²) in [6, 6.07) is 18.3. The molecule has 192 valence electrons. The Labute approximate surface area is 211 Å². The lowest BCUT2D eigenvalue weighted by molar-refractivity contribution is -0.154. The van der Waals surface area contributed by atoms with Crippen LogP contribution in [-0.2, 0) is 22.4 Å². The third-order valence-corrected chi connectivity index (χ3v) is 6.68. The Hall–Kier alpha value is -2.21. The van der Waals surface area contributed by atoms with Crippen molar-refractivity contribution in [3.63, 3.8) is 0 Å². The zero-order chi connectivity index (χ0) is 25.3. The summed E-state index contributed by atoms with van der Waals surface area (Å²) in [6.07, 6.45) is 5.64. The number of hydrogen-bond donors (Lipinski definition) is 2. The highest BCUT2D eigenvalue weighted by atomic mass is 16.6. The van der Waals surface area contributed by atoms with Crippen molar-refractivity contribution in [1.29, 1.82) is 0 Å². The molecule has 1 heterocycles. The number of esters is 1. The van der Waals surface area contributed by atoms with Crippen LogP contribution in [0, 0.1) is 0 Å². The number of likely N-dealkylation sites (tertiary alicyclic amines) is 1. The molecule has 1 fully saturated rings. The average molecular weight is 481 g/mol. The summed E-state index contributed by atoms with van der Waals surface area (Å²) in [5, 5.41) is 13.3. The molecule has 1 aliphatic heterocycles. The molecule has 0 aliphatic carbocycles. The van der Waals surface area contributed by atoms with Crippen molar-refractivity contribution in [3.05, 3.63) is 59.7 Å². The van der Waals surface area contributed by atoms with Gasteiger partial charge in [-0.2, -0.15) is 0 Å². The van der Waals surface area contributed by atoms with Gasteiger partial charge in [0.1, 0.15) is 11.8 Å². The first-order valence-electron chi connectivity index (χ1n) is 13.3. The molecule has 35 heavy (non-hydrogen) atoms. The van der Waals surface area contributed by atoms with Gasteiger partial charge < -0.3 is 14.7 Å². The minimum absolute atomic E-state index is 0.194. The third-order valence-electron chi connectivity index (χ3n) is 6.68. The molecular weight excluding hydrogens is 436 g/mol. The Balaban J connectivity index is 1.36. The Morgan fingerprint density at radius 2 is 1.66 bits per heavy atom. The SMILES string of the molecule is C[C@@H]1CCCN1CCc1ccc(-c2ccc(CCC(O)NCCCC(=O)OC(C)(C)C)cc2)cc1. The Kier molecular flexibility index (Phi) is 10.3. The van der Waals surface area contributed by atoms with Crippen molar-refractivity contribution in [3.8, 4) is 11.1 Å². The fraction of sp³-hybridized carbons (Fsp3) is 0.567. The van der Waals surface area contributed by atoms with Crippen LogP contribution in [0.2, 0.25) is 0 Å². The van der Waals surface area contributed by atoms with E-state index in [4.69, 9.17) is 4.74 Å². The van der Waals surface area contributed by atoms with E-state index in [1.165, 1.54) is 41.6 Å². The standard InChI is InChI=1S/C30H44N2O3/c1-23-7-6-21-32(23)22-19-25-11-16-27(17-12-25)26-14-9-24(10-15-26)13-18-28(33)31-20-5-8-29(34)35-30(2,3)4/h9-12,14-17,23,28,31,33H,5-8,13,18-22H2,1-4H3/t23-,28?/m1/s1. The van der Waals surface area contributed by atoms with E-state index in [1.54, 1.807) is 0 Å². The molecule has 1 aliphatic rings. The molecule has 0 aromatic heterocycles. The fourth-order valence-electron chi connectivity index (χ4n) is 4.62. The molecule has 2 N–H and O–H groups in total. The van der Waals surface area contributed by atoms with Gasteiger partial charge in [0.2, 0.25) is 0 Å². The summed E-state index contributed by atoms with van der Waals surface area (Å²) < 4.78 is 5.30. The highest BCUT2D eigenvalue weighted by Gasteiger charge is 2.19. The Bertz CT molecular complexity index is 903. The van der Waals surface area contributed by atoms with Crippen LogP contribution in [0.5, 0.6) is 0 Å². The zero-order valence-corrected chi connectivity index (χ0v) is 22.1. The number of nitrogens with zero attached hydrogens (tertiary/aromatic N) is 1. The maximum absolute atomic E-state index is 11.7. The normalized spacial score (nSPS) is 17.5. The van der Waals surface area contributed by atoms with Gasteiger partial charge in [0.05, 0.1) is 0 Å². The monoisotopic (exact) mass is 480 g/mol. The van der Waals surface area contributed by atoms with E-state index in [0.29, 0.717) is 25.8 Å². The number of nitrogens with one attached hydrogen (secondary N) is 1. The molecular formula is C30H44N2O3. The van der Waals surface area contributed by atoms with Crippen molar-refractivity contribution < 1.29 is 14.6 Å². The second-order valence-electron chi connectivity index (χ2n) is 10.9. The third kappa shape index (κ3) is 9.75. The highest BCUT2D eigenvalue weighted by Crippen LogP contribution is 2.22. The smallest absolute Gasteiger partial charge is 0.306 e. The minimum Gasteiger partial charge on any atom is -0.460 e. The summed E-state index contributed by atoms with van der Waals surface area (Å²) in [7, 11) is 0. The molecule has 0 radical (unpaired) electrons. The zero-order valence-electron chi connectivity index (χ0n) is 22.1. The molecule has 0 amide bonds. The van der Waals surface area contributed by atoms with Gasteiger partial charge in [0.25, 0.3) is 0 Å². The minimum atomic E-state index is -0.579. The molecule has 2 atom stereocenters. The number of carbonyl (C=O) groups excluding carboxylic acids is 1. The lowest BCUT2D eigenvalue weighted by atomic mass is 10.00. The number of ether oxygens (including phenoxy) is 1. The van der Waals surface area contributed by atoms with Crippen molar-refractivity contribution in [2.75, 3.05) is 19.6 Å². The summed E-state index contributed by atoms with van der Waals surface area (Å²) in [6.45, 7) is 10.9. The van der Waals surface area contributed by atoms with Crippen LogP contribution in [0.15, 0.2) is 48.5 Å². The number of aliphatic hydroxyl groups is 1. The largest absolute Gasteiger partial charge is 0.460 e. The summed E-state index contributed by atoms with van der Waals surface area (Å²) in [5.41, 5.74) is 4.61. The second kappa shape index (κ2) is 13.2. The van der Waals surface area contributed by atoms with Crippen LogP contribution in [-0.4, -0.2) is 53.5 Å². The van der Waals surface area contributed by atoms with Gasteiger partial charge >= 0.3 is 5.97 Å². The first-order valence-corrected chi connectivity index (χ1v) is 13.3. The van der Waals surface area contributed by atoms with Gasteiger partial charge in [-0.25, -0.2) is 0 Å². The van der Waals surface area contributed by atoms with Crippen LogP contribution in [0.1, 0.15) is 70.9 Å². The van der Waals surface area contributed by atoms with E-state index in [-0.39, 0.29) is 5.97 Å². The van der Waals surface area contributed by atoms with E-state index < -0.39 is 11.8 Å². The molecule has 0 spiro atoms. The van der Waals surface area contributed by atoms with Gasteiger partial charge in [-0.05, 0) is 102 Å². The Morgan fingerprint density at radius 3 is 2.20 bits per heavy atom. The van der Waals surface area contributed by atoms with E-state index in [9.17, 15) is 9.90 Å². The Morgan fingerprint density at radius 1 is 1.06 bits per heavy atom. The molecule has 1 unspecified atom stereocenters. The summed E-state index contributed by atoms with van der Waals surface area (Å²) >= 11 is 0. The van der Waals surface area contributed by atoms with Gasteiger partial charge in [0.15, 0.2) is 0 Å². The van der Waals surface area contributed by atoms with Gasteiger partial charge in [0, 0.05) is 19.0 Å². The molecule has 3 rings (SSSR count).